The lowest BCUT2D eigenvalue weighted by molar-refractivity contribution is -0.137. The summed E-state index contributed by atoms with van der Waals surface area (Å²) in [7, 11) is 0. The van der Waals surface area contributed by atoms with Gasteiger partial charge in [0.15, 0.2) is 6.61 Å². The molecule has 0 heterocycles. The number of hydrogen-bond acceptors (Lipinski definition) is 4. The van der Waals surface area contributed by atoms with Crippen LogP contribution in [-0.4, -0.2) is 18.5 Å². The zero-order chi connectivity index (χ0) is 19.3. The highest BCUT2D eigenvalue weighted by atomic mass is 35.5. The number of carbonyl (C=O) groups excluding carboxylic acids is 2. The van der Waals surface area contributed by atoms with E-state index in [-0.39, 0.29) is 16.1 Å². The number of halogens is 4. The zero-order valence-electron chi connectivity index (χ0n) is 12.9. The summed E-state index contributed by atoms with van der Waals surface area (Å²) in [6.45, 7) is -0.641. The molecule has 5 nitrogen and oxygen atoms in total. The van der Waals surface area contributed by atoms with E-state index in [2.05, 4.69) is 5.32 Å². The molecule has 2 aromatic carbocycles. The number of carbonyl (C=O) groups is 2. The number of nitrogens with zero attached hydrogens (tertiary/aromatic N) is 1. The molecule has 0 saturated carbocycles. The van der Waals surface area contributed by atoms with Gasteiger partial charge >= 0.3 is 12.1 Å². The number of esters is 1. The lowest BCUT2D eigenvalue weighted by Gasteiger charge is -2.09. The van der Waals surface area contributed by atoms with Gasteiger partial charge in [-0.25, -0.2) is 4.79 Å². The summed E-state index contributed by atoms with van der Waals surface area (Å²) in [5.74, 6) is -1.61. The second-order valence-corrected chi connectivity index (χ2v) is 5.41. The zero-order valence-corrected chi connectivity index (χ0v) is 13.7. The third-order valence-electron chi connectivity index (χ3n) is 3.16. The van der Waals surface area contributed by atoms with Crippen molar-refractivity contribution in [3.8, 4) is 6.07 Å². The molecule has 0 aliphatic rings. The van der Waals surface area contributed by atoms with Gasteiger partial charge in [-0.15, -0.1) is 0 Å². The summed E-state index contributed by atoms with van der Waals surface area (Å²) in [6.07, 6.45) is -4.51. The van der Waals surface area contributed by atoms with Crippen molar-refractivity contribution in [3.63, 3.8) is 0 Å². The smallest absolute Gasteiger partial charge is 0.416 e. The number of rotatable bonds is 4. The molecule has 26 heavy (non-hydrogen) atoms. The average molecular weight is 383 g/mol. The normalized spacial score (nSPS) is 10.7. The largest absolute Gasteiger partial charge is 0.452 e. The van der Waals surface area contributed by atoms with Crippen molar-refractivity contribution in [2.24, 2.45) is 0 Å². The summed E-state index contributed by atoms with van der Waals surface area (Å²) >= 11 is 5.83. The van der Waals surface area contributed by atoms with Gasteiger partial charge in [0.2, 0.25) is 0 Å². The molecule has 1 amide bonds. The minimum atomic E-state index is -4.51. The maximum absolute atomic E-state index is 12.5. The molecule has 2 rings (SSSR count). The van der Waals surface area contributed by atoms with Crippen molar-refractivity contribution in [2.45, 2.75) is 6.18 Å². The Labute approximate surface area is 150 Å². The van der Waals surface area contributed by atoms with Crippen LogP contribution in [0.25, 0.3) is 0 Å². The van der Waals surface area contributed by atoms with E-state index < -0.39 is 30.2 Å². The number of benzene rings is 2. The Hall–Kier alpha value is -3.05. The molecule has 0 aliphatic carbocycles. The van der Waals surface area contributed by atoms with E-state index in [1.807, 2.05) is 6.07 Å². The van der Waals surface area contributed by atoms with Crippen molar-refractivity contribution < 1.29 is 27.5 Å². The van der Waals surface area contributed by atoms with E-state index in [0.29, 0.717) is 5.69 Å². The molecule has 0 aliphatic heterocycles. The lowest BCUT2D eigenvalue weighted by atomic mass is 10.1. The number of nitriles is 1. The fourth-order valence-corrected chi connectivity index (χ4v) is 2.11. The van der Waals surface area contributed by atoms with E-state index in [1.54, 1.807) is 0 Å². The van der Waals surface area contributed by atoms with Gasteiger partial charge < -0.3 is 10.1 Å². The Balaban J connectivity index is 1.91. The van der Waals surface area contributed by atoms with Crippen molar-refractivity contribution in [1.29, 1.82) is 5.26 Å². The van der Waals surface area contributed by atoms with E-state index in [9.17, 15) is 22.8 Å². The standard InChI is InChI=1S/C17H10ClF3N2O3/c18-14-7-13(6-3-11(14)8-22)23-15(24)9-26-16(25)10-1-4-12(5-2-10)17(19,20)21/h1-7H,9H2,(H,23,24). The van der Waals surface area contributed by atoms with Crippen LogP contribution in [0.3, 0.4) is 0 Å². The van der Waals surface area contributed by atoms with E-state index in [4.69, 9.17) is 21.6 Å². The third-order valence-corrected chi connectivity index (χ3v) is 3.47. The number of nitrogens with one attached hydrogen (secondary N) is 1. The monoisotopic (exact) mass is 382 g/mol. The lowest BCUT2D eigenvalue weighted by Crippen LogP contribution is -2.21. The van der Waals surface area contributed by atoms with Crippen molar-refractivity contribution in [3.05, 3.63) is 64.2 Å². The van der Waals surface area contributed by atoms with Crippen molar-refractivity contribution in [2.75, 3.05) is 11.9 Å². The van der Waals surface area contributed by atoms with Crippen LogP contribution in [-0.2, 0) is 15.7 Å². The van der Waals surface area contributed by atoms with Crippen LogP contribution in [0, 0.1) is 11.3 Å². The van der Waals surface area contributed by atoms with Crippen LogP contribution in [0.5, 0.6) is 0 Å². The van der Waals surface area contributed by atoms with Gasteiger partial charge in [-0.3, -0.25) is 4.79 Å². The van der Waals surface area contributed by atoms with Crippen molar-refractivity contribution in [1.82, 2.24) is 0 Å². The van der Waals surface area contributed by atoms with Crippen molar-refractivity contribution >= 4 is 29.2 Å². The molecular formula is C17H10ClF3N2O3. The Morgan fingerprint density at radius 2 is 1.81 bits per heavy atom. The predicted octanol–water partition coefficient (Wildman–Crippen LogP) is 4.03. The minimum absolute atomic E-state index is 0.118. The first-order valence-electron chi connectivity index (χ1n) is 7.04. The van der Waals surface area contributed by atoms with Gasteiger partial charge in [0.1, 0.15) is 6.07 Å². The number of amides is 1. The number of alkyl halides is 3. The number of ether oxygens (including phenoxy) is 1. The number of anilines is 1. The molecule has 0 spiro atoms. The van der Waals surface area contributed by atoms with Gasteiger partial charge in [-0.05, 0) is 42.5 Å². The molecule has 134 valence electrons. The van der Waals surface area contributed by atoms with Gasteiger partial charge in [-0.1, -0.05) is 11.6 Å². The molecule has 0 aromatic heterocycles. The van der Waals surface area contributed by atoms with E-state index in [0.717, 1.165) is 24.3 Å². The second-order valence-electron chi connectivity index (χ2n) is 5.01. The maximum atomic E-state index is 12.5. The molecule has 0 fully saturated rings. The average Bonchev–Trinajstić information content (AvgIpc) is 2.59. The first kappa shape index (κ1) is 19.3. The van der Waals surface area contributed by atoms with Gasteiger partial charge in [0.25, 0.3) is 5.91 Å². The Kier molecular flexibility index (Phi) is 5.85. The van der Waals surface area contributed by atoms with Gasteiger partial charge in [0, 0.05) is 5.69 Å². The first-order valence-corrected chi connectivity index (χ1v) is 7.42. The van der Waals surface area contributed by atoms with E-state index in [1.165, 1.54) is 18.2 Å². The quantitative estimate of drug-likeness (QED) is 0.810. The van der Waals surface area contributed by atoms with Crippen LogP contribution >= 0.6 is 11.6 Å². The van der Waals surface area contributed by atoms with Crippen LogP contribution in [0.15, 0.2) is 42.5 Å². The molecule has 0 bridgehead atoms. The molecule has 9 heteroatoms. The van der Waals surface area contributed by atoms with E-state index >= 15 is 0 Å². The van der Waals surface area contributed by atoms with Crippen LogP contribution in [0.4, 0.5) is 18.9 Å². The number of hydrogen-bond donors (Lipinski definition) is 1. The summed E-state index contributed by atoms with van der Waals surface area (Å²) in [5.41, 5.74) is -0.486. The Morgan fingerprint density at radius 1 is 1.15 bits per heavy atom. The highest BCUT2D eigenvalue weighted by Gasteiger charge is 2.30. The molecule has 1 N–H and O–H groups in total. The van der Waals surface area contributed by atoms with Crippen LogP contribution < -0.4 is 5.32 Å². The highest BCUT2D eigenvalue weighted by Crippen LogP contribution is 2.29. The molecule has 0 radical (unpaired) electrons. The summed E-state index contributed by atoms with van der Waals surface area (Å²) in [5, 5.41) is 11.3. The SMILES string of the molecule is N#Cc1ccc(NC(=O)COC(=O)c2ccc(C(F)(F)F)cc2)cc1Cl. The predicted molar refractivity (Wildman–Crippen MR) is 86.5 cm³/mol. The fourth-order valence-electron chi connectivity index (χ4n) is 1.89. The Bertz CT molecular complexity index is 874. The molecule has 2 aromatic rings. The minimum Gasteiger partial charge on any atom is -0.452 e. The topological polar surface area (TPSA) is 79.2 Å². The van der Waals surface area contributed by atoms with Crippen LogP contribution in [0.2, 0.25) is 5.02 Å². The first-order chi connectivity index (χ1) is 12.2. The molecule has 0 saturated heterocycles. The van der Waals surface area contributed by atoms with Crippen LogP contribution in [0.1, 0.15) is 21.5 Å². The van der Waals surface area contributed by atoms with Gasteiger partial charge in [0.05, 0.1) is 21.7 Å². The fraction of sp³-hybridized carbons (Fsp3) is 0.118. The molecule has 0 atom stereocenters. The third kappa shape index (κ3) is 4.97. The molecule has 0 unspecified atom stereocenters. The highest BCUT2D eigenvalue weighted by molar-refractivity contribution is 6.32. The summed E-state index contributed by atoms with van der Waals surface area (Å²) in [6, 6.07) is 9.49. The Morgan fingerprint density at radius 3 is 2.35 bits per heavy atom. The summed E-state index contributed by atoms with van der Waals surface area (Å²) < 4.78 is 42.1. The summed E-state index contributed by atoms with van der Waals surface area (Å²) in [4.78, 5) is 23.5. The maximum Gasteiger partial charge on any atom is 0.416 e. The molecular weight excluding hydrogens is 373 g/mol. The van der Waals surface area contributed by atoms with Gasteiger partial charge in [-0.2, -0.15) is 18.4 Å². The second kappa shape index (κ2) is 7.89.